The predicted molar refractivity (Wildman–Crippen MR) is 79.1 cm³/mol. The molecule has 1 unspecified atom stereocenters. The number of alkyl halides is 1. The molecule has 1 aliphatic heterocycles. The molecular weight excluding hydrogens is 286 g/mol. The van der Waals surface area contributed by atoms with Crippen molar-refractivity contribution in [3.63, 3.8) is 0 Å². The predicted octanol–water partition coefficient (Wildman–Crippen LogP) is 1.91. The van der Waals surface area contributed by atoms with Crippen molar-refractivity contribution in [2.24, 2.45) is 0 Å². The number of aromatic nitrogens is 1. The number of carbonyl (C=O) groups is 2. The largest absolute Gasteiger partial charge is 0.467 e. The van der Waals surface area contributed by atoms with Crippen LogP contribution >= 0.6 is 0 Å². The fourth-order valence-corrected chi connectivity index (χ4v) is 3.31. The van der Waals surface area contributed by atoms with Crippen molar-refractivity contribution < 1.29 is 18.7 Å². The van der Waals surface area contributed by atoms with E-state index in [2.05, 4.69) is 4.98 Å². The molecule has 0 spiro atoms. The van der Waals surface area contributed by atoms with Crippen molar-refractivity contribution in [1.29, 1.82) is 0 Å². The first kappa shape index (κ1) is 14.6. The summed E-state index contributed by atoms with van der Waals surface area (Å²) < 4.78 is 17.8. The van der Waals surface area contributed by atoms with Crippen molar-refractivity contribution in [2.45, 2.75) is 18.9 Å². The Balaban J connectivity index is 2.25. The first-order valence-electron chi connectivity index (χ1n) is 7.09. The number of hydrogen-bond donors (Lipinski definition) is 1. The number of fused-ring (bicyclic) bond motifs is 3. The molecule has 0 bridgehead atoms. The van der Waals surface area contributed by atoms with Gasteiger partial charge in [0.25, 0.3) is 5.91 Å². The zero-order valence-electron chi connectivity index (χ0n) is 12.5. The summed E-state index contributed by atoms with van der Waals surface area (Å²) in [6.07, 6.45) is 0.567. The lowest BCUT2D eigenvalue weighted by atomic mass is 9.86. The van der Waals surface area contributed by atoms with Crippen LogP contribution in [0.25, 0.3) is 10.9 Å². The number of rotatable bonds is 2. The third kappa shape index (κ3) is 1.83. The van der Waals surface area contributed by atoms with Gasteiger partial charge in [0.1, 0.15) is 0 Å². The lowest BCUT2D eigenvalue weighted by Gasteiger charge is -2.41. The first-order valence-corrected chi connectivity index (χ1v) is 7.09. The average molecular weight is 303 g/mol. The summed E-state index contributed by atoms with van der Waals surface area (Å²) in [4.78, 5) is 28.8. The Labute approximate surface area is 127 Å². The minimum atomic E-state index is -1.34. The van der Waals surface area contributed by atoms with Gasteiger partial charge < -0.3 is 14.6 Å². The van der Waals surface area contributed by atoms with E-state index in [9.17, 15) is 14.0 Å². The fraction of sp³-hybridized carbons (Fsp3) is 0.375. The van der Waals surface area contributed by atoms with Crippen LogP contribution in [0, 0.1) is 0 Å². The van der Waals surface area contributed by atoms with Crippen LogP contribution in [0.2, 0.25) is 0 Å². The molecule has 2 aromatic rings. The van der Waals surface area contributed by atoms with Gasteiger partial charge in [0.15, 0.2) is 12.2 Å². The average Bonchev–Trinajstić information content (AvgIpc) is 2.93. The summed E-state index contributed by atoms with van der Waals surface area (Å²) in [7, 11) is 1.27. The molecule has 1 N–H and O–H groups in total. The summed E-state index contributed by atoms with van der Waals surface area (Å²) in [5.74, 6) is -1.29. The summed E-state index contributed by atoms with van der Waals surface area (Å²) in [6.45, 7) is 0.741. The number of halogens is 1. The van der Waals surface area contributed by atoms with Gasteiger partial charge >= 0.3 is 5.97 Å². The number of benzene rings is 1. The molecule has 0 saturated carbocycles. The van der Waals surface area contributed by atoms with Crippen LogP contribution in [-0.4, -0.2) is 42.1 Å². The van der Waals surface area contributed by atoms with Gasteiger partial charge in [-0.05, 0) is 25.0 Å². The molecule has 116 valence electrons. The number of nitrogens with zero attached hydrogens (tertiary/aromatic N) is 1. The van der Waals surface area contributed by atoms with Gasteiger partial charge in [-0.25, -0.2) is 9.18 Å². The van der Waals surface area contributed by atoms with E-state index in [4.69, 9.17) is 4.74 Å². The van der Waals surface area contributed by atoms with Crippen molar-refractivity contribution >= 4 is 22.8 Å². The van der Waals surface area contributed by atoms with Crippen molar-refractivity contribution in [2.75, 3.05) is 20.3 Å². The highest BCUT2D eigenvalue weighted by Crippen LogP contribution is 2.39. The molecule has 22 heavy (non-hydrogen) atoms. The molecule has 0 saturated heterocycles. The van der Waals surface area contributed by atoms with E-state index in [-0.39, 0.29) is 6.54 Å². The highest BCUT2D eigenvalue weighted by Gasteiger charge is 2.49. The number of hydrogen-bond acceptors (Lipinski definition) is 3. The maximum Gasteiger partial charge on any atom is 0.337 e. The van der Waals surface area contributed by atoms with Crippen molar-refractivity contribution in [3.8, 4) is 0 Å². The maximum absolute atomic E-state index is 12.9. The minimum Gasteiger partial charge on any atom is -0.467 e. The molecule has 0 fully saturated rings. The second kappa shape index (κ2) is 5.12. The molecule has 1 aromatic carbocycles. The number of H-pyrrole nitrogens is 1. The van der Waals surface area contributed by atoms with Crippen molar-refractivity contribution in [3.05, 3.63) is 35.5 Å². The first-order chi connectivity index (χ1) is 10.5. The Morgan fingerprint density at radius 1 is 1.41 bits per heavy atom. The van der Waals surface area contributed by atoms with Gasteiger partial charge in [-0.1, -0.05) is 18.2 Å². The normalized spacial score (nSPS) is 20.8. The minimum absolute atomic E-state index is 0.281. The second-order valence-electron chi connectivity index (χ2n) is 5.52. The summed E-state index contributed by atoms with van der Waals surface area (Å²) in [6, 6.07) is 7.69. The number of para-hydroxylation sites is 1. The number of nitrogens with one attached hydrogen (secondary N) is 1. The maximum atomic E-state index is 12.9. The number of amides is 1. The Morgan fingerprint density at radius 3 is 2.82 bits per heavy atom. The van der Waals surface area contributed by atoms with E-state index in [1.165, 1.54) is 12.0 Å². The van der Waals surface area contributed by atoms with E-state index in [0.717, 1.165) is 16.5 Å². The Hall–Kier alpha value is -2.37. The van der Waals surface area contributed by atoms with Gasteiger partial charge in [0, 0.05) is 17.4 Å². The number of aromatic amines is 1. The number of esters is 1. The van der Waals surface area contributed by atoms with E-state index >= 15 is 0 Å². The van der Waals surface area contributed by atoms with E-state index in [1.54, 1.807) is 6.92 Å². The zero-order valence-corrected chi connectivity index (χ0v) is 12.5. The molecule has 1 amide bonds. The molecule has 1 aromatic heterocycles. The Bertz CT molecular complexity index is 755. The number of carbonyl (C=O) groups excluding carboxylic acids is 2. The smallest absolute Gasteiger partial charge is 0.337 e. The summed E-state index contributed by atoms with van der Waals surface area (Å²) in [5.41, 5.74) is 1.13. The molecule has 1 aliphatic rings. The van der Waals surface area contributed by atoms with Crippen LogP contribution in [-0.2, 0) is 26.3 Å². The monoisotopic (exact) mass is 303 g/mol. The van der Waals surface area contributed by atoms with E-state index in [1.807, 2.05) is 24.3 Å². The highest BCUT2D eigenvalue weighted by molar-refractivity contribution is 5.94. The fourth-order valence-electron chi connectivity index (χ4n) is 3.31. The summed E-state index contributed by atoms with van der Waals surface area (Å²) in [5, 5.41) is 1.01. The highest BCUT2D eigenvalue weighted by atomic mass is 18.2. The topological polar surface area (TPSA) is 62.4 Å². The lowest BCUT2D eigenvalue weighted by molar-refractivity contribution is -0.163. The lowest BCUT2D eigenvalue weighted by Crippen LogP contribution is -2.57. The van der Waals surface area contributed by atoms with Crippen LogP contribution in [0.15, 0.2) is 24.3 Å². The van der Waals surface area contributed by atoms with Gasteiger partial charge in [0.05, 0.1) is 12.8 Å². The second-order valence-corrected chi connectivity index (χ2v) is 5.52. The molecule has 5 nitrogen and oxygen atoms in total. The standard InChI is InChI=1S/C16H17FN2O3/c1-16(15(21)22-2)14-11(7-8-19(16)13(20)9-17)10-5-3-4-6-12(10)18-14/h3-6,18H,7-9H2,1-2H3/i17-1. The molecule has 2 heterocycles. The molecule has 3 rings (SSSR count). The molecule has 0 radical (unpaired) electrons. The Kier molecular flexibility index (Phi) is 3.39. The summed E-state index contributed by atoms with van der Waals surface area (Å²) >= 11 is 0. The van der Waals surface area contributed by atoms with Crippen LogP contribution in [0.3, 0.4) is 0 Å². The third-order valence-electron chi connectivity index (χ3n) is 4.42. The molecule has 1 atom stereocenters. The van der Waals surface area contributed by atoms with Gasteiger partial charge in [-0.15, -0.1) is 0 Å². The number of methoxy groups -OCH3 is 1. The number of ether oxygens (including phenoxy) is 1. The molecule has 0 aliphatic carbocycles. The van der Waals surface area contributed by atoms with Gasteiger partial charge in [-0.2, -0.15) is 0 Å². The van der Waals surface area contributed by atoms with Crippen LogP contribution in [0.1, 0.15) is 18.2 Å². The van der Waals surface area contributed by atoms with Crippen LogP contribution < -0.4 is 0 Å². The third-order valence-corrected chi connectivity index (χ3v) is 4.42. The van der Waals surface area contributed by atoms with Gasteiger partial charge in [0.2, 0.25) is 0 Å². The quantitative estimate of drug-likeness (QED) is 0.862. The Morgan fingerprint density at radius 2 is 2.14 bits per heavy atom. The van der Waals surface area contributed by atoms with Crippen molar-refractivity contribution in [1.82, 2.24) is 9.88 Å². The van der Waals surface area contributed by atoms with Gasteiger partial charge in [-0.3, -0.25) is 4.79 Å². The molecular formula is C16H17FN2O3. The molecule has 6 heteroatoms. The van der Waals surface area contributed by atoms with E-state index in [0.29, 0.717) is 12.1 Å². The SMILES string of the molecule is COC(=O)C1(C)c2[nH]c3ccccc3c2CCN1C(=O)C[18F]. The van der Waals surface area contributed by atoms with Crippen LogP contribution in [0.5, 0.6) is 0 Å². The van der Waals surface area contributed by atoms with E-state index < -0.39 is 24.1 Å². The zero-order chi connectivity index (χ0) is 15.9. The van der Waals surface area contributed by atoms with Crippen LogP contribution in [0.4, 0.5) is 4.39 Å².